The van der Waals surface area contributed by atoms with E-state index in [-0.39, 0.29) is 5.91 Å². The highest BCUT2D eigenvalue weighted by atomic mass is 32.2. The van der Waals surface area contributed by atoms with Crippen molar-refractivity contribution in [1.82, 2.24) is 5.01 Å². The van der Waals surface area contributed by atoms with Gasteiger partial charge >= 0.3 is 0 Å². The molecule has 0 aliphatic carbocycles. The molecule has 1 aromatic carbocycles. The minimum absolute atomic E-state index is 0.114. The zero-order chi connectivity index (χ0) is 13.9. The van der Waals surface area contributed by atoms with Gasteiger partial charge in [0, 0.05) is 4.88 Å². The number of rotatable bonds is 3. The van der Waals surface area contributed by atoms with E-state index in [0.717, 1.165) is 10.6 Å². The van der Waals surface area contributed by atoms with Crippen molar-refractivity contribution in [1.29, 1.82) is 0 Å². The molecule has 100 valence electrons. The maximum absolute atomic E-state index is 12.3. The number of nitrogens with zero attached hydrogens (tertiary/aromatic N) is 1. The van der Waals surface area contributed by atoms with Crippen LogP contribution < -0.4 is 5.43 Å². The van der Waals surface area contributed by atoms with Gasteiger partial charge in [0.25, 0.3) is 5.91 Å². The molecule has 0 radical (unpaired) electrons. The number of thiophene rings is 1. The molecule has 0 atom stereocenters. The number of hydrogen-bond donors (Lipinski definition) is 1. The molecule has 1 fully saturated rings. The SMILES string of the molecule is O=C1/C(=C\c2cccs2)SC(=S)N1Nc1ccccc1. The monoisotopic (exact) mass is 318 g/mol. The molecule has 0 bridgehead atoms. The summed E-state index contributed by atoms with van der Waals surface area (Å²) >= 11 is 8.16. The van der Waals surface area contributed by atoms with Crippen molar-refractivity contribution in [3.8, 4) is 0 Å². The largest absolute Gasteiger partial charge is 0.290 e. The van der Waals surface area contributed by atoms with E-state index < -0.39 is 0 Å². The van der Waals surface area contributed by atoms with E-state index in [2.05, 4.69) is 5.43 Å². The molecule has 0 saturated carbocycles. The first kappa shape index (κ1) is 13.4. The highest BCUT2D eigenvalue weighted by Crippen LogP contribution is 2.33. The third-order valence-corrected chi connectivity index (χ3v) is 4.75. The second kappa shape index (κ2) is 5.78. The Hall–Kier alpha value is -1.63. The van der Waals surface area contributed by atoms with Crippen LogP contribution in [-0.2, 0) is 4.79 Å². The molecule has 3 rings (SSSR count). The van der Waals surface area contributed by atoms with E-state index in [1.54, 1.807) is 11.3 Å². The Morgan fingerprint density at radius 2 is 1.95 bits per heavy atom. The van der Waals surface area contributed by atoms with Crippen LogP contribution in [0.15, 0.2) is 52.7 Å². The van der Waals surface area contributed by atoms with Gasteiger partial charge in [0.1, 0.15) is 0 Å². The molecule has 1 N–H and O–H groups in total. The van der Waals surface area contributed by atoms with E-state index >= 15 is 0 Å². The molecule has 20 heavy (non-hydrogen) atoms. The fourth-order valence-electron chi connectivity index (χ4n) is 1.71. The first-order valence-corrected chi connectivity index (χ1v) is 7.97. The molecule has 1 amide bonds. The average Bonchev–Trinajstić information content (AvgIpc) is 3.05. The Kier molecular flexibility index (Phi) is 3.86. The average molecular weight is 318 g/mol. The van der Waals surface area contributed by atoms with E-state index in [1.165, 1.54) is 16.8 Å². The number of amides is 1. The lowest BCUT2D eigenvalue weighted by Crippen LogP contribution is -2.33. The second-order valence-electron chi connectivity index (χ2n) is 4.01. The number of hydrazine groups is 1. The second-order valence-corrected chi connectivity index (χ2v) is 6.67. The Labute approximate surface area is 130 Å². The highest BCUT2D eigenvalue weighted by Gasteiger charge is 2.32. The number of thiocarbonyl (C=S) groups is 1. The number of para-hydroxylation sites is 1. The van der Waals surface area contributed by atoms with E-state index in [4.69, 9.17) is 12.2 Å². The summed E-state index contributed by atoms with van der Waals surface area (Å²) in [4.78, 5) is 14.0. The van der Waals surface area contributed by atoms with Crippen molar-refractivity contribution in [3.63, 3.8) is 0 Å². The van der Waals surface area contributed by atoms with E-state index in [1.807, 2.05) is 53.9 Å². The van der Waals surface area contributed by atoms with Crippen LogP contribution in [0.25, 0.3) is 6.08 Å². The van der Waals surface area contributed by atoms with Crippen LogP contribution >= 0.6 is 35.3 Å². The van der Waals surface area contributed by atoms with Crippen LogP contribution in [-0.4, -0.2) is 15.2 Å². The Morgan fingerprint density at radius 3 is 2.65 bits per heavy atom. The van der Waals surface area contributed by atoms with Gasteiger partial charge in [-0.2, -0.15) is 0 Å². The van der Waals surface area contributed by atoms with Crippen LogP contribution in [0.4, 0.5) is 5.69 Å². The molecule has 1 aliphatic rings. The summed E-state index contributed by atoms with van der Waals surface area (Å²) in [7, 11) is 0. The molecular formula is C14H10N2OS3. The summed E-state index contributed by atoms with van der Waals surface area (Å²) < 4.78 is 0.515. The van der Waals surface area contributed by atoms with Gasteiger partial charge in [-0.3, -0.25) is 10.2 Å². The van der Waals surface area contributed by atoms with Gasteiger partial charge in [-0.15, -0.1) is 11.3 Å². The van der Waals surface area contributed by atoms with E-state index in [0.29, 0.717) is 9.23 Å². The molecule has 1 saturated heterocycles. The summed E-state index contributed by atoms with van der Waals surface area (Å²) in [5.74, 6) is -0.114. The smallest absolute Gasteiger partial charge is 0.285 e. The van der Waals surface area contributed by atoms with Crippen molar-refractivity contribution in [2.24, 2.45) is 0 Å². The summed E-state index contributed by atoms with van der Waals surface area (Å²) in [6, 6.07) is 13.4. The molecular weight excluding hydrogens is 308 g/mol. The number of benzene rings is 1. The number of anilines is 1. The topological polar surface area (TPSA) is 32.3 Å². The van der Waals surface area contributed by atoms with Crippen LogP contribution in [0.2, 0.25) is 0 Å². The van der Waals surface area contributed by atoms with Gasteiger partial charge < -0.3 is 0 Å². The number of carbonyl (C=O) groups is 1. The number of hydrogen-bond acceptors (Lipinski definition) is 5. The van der Waals surface area contributed by atoms with Crippen molar-refractivity contribution in [2.75, 3.05) is 5.43 Å². The first-order valence-electron chi connectivity index (χ1n) is 5.87. The molecule has 0 unspecified atom stereocenters. The quantitative estimate of drug-likeness (QED) is 0.685. The molecule has 1 aromatic heterocycles. The van der Waals surface area contributed by atoms with Crippen molar-refractivity contribution < 1.29 is 4.79 Å². The zero-order valence-corrected chi connectivity index (χ0v) is 12.7. The Balaban J connectivity index is 1.81. The summed E-state index contributed by atoms with van der Waals surface area (Å²) in [5, 5.41) is 3.39. The van der Waals surface area contributed by atoms with Gasteiger partial charge in [-0.25, -0.2) is 5.01 Å². The normalized spacial score (nSPS) is 17.0. The minimum Gasteiger partial charge on any atom is -0.290 e. The van der Waals surface area contributed by atoms with Crippen molar-refractivity contribution in [3.05, 3.63) is 57.6 Å². The first-order chi connectivity index (χ1) is 9.74. The van der Waals surface area contributed by atoms with Gasteiger partial charge in [-0.05, 0) is 41.9 Å². The molecule has 0 spiro atoms. The lowest BCUT2D eigenvalue weighted by molar-refractivity contribution is -0.121. The summed E-state index contributed by atoms with van der Waals surface area (Å²) in [6.45, 7) is 0. The van der Waals surface area contributed by atoms with Crippen LogP contribution in [0.5, 0.6) is 0 Å². The summed E-state index contributed by atoms with van der Waals surface area (Å²) in [6.07, 6.45) is 1.87. The Morgan fingerprint density at radius 1 is 1.15 bits per heavy atom. The van der Waals surface area contributed by atoms with Gasteiger partial charge in [0.2, 0.25) is 0 Å². The van der Waals surface area contributed by atoms with Crippen LogP contribution in [0.3, 0.4) is 0 Å². The molecule has 6 heteroatoms. The number of carbonyl (C=O) groups excluding carboxylic acids is 1. The van der Waals surface area contributed by atoms with E-state index in [9.17, 15) is 4.79 Å². The minimum atomic E-state index is -0.114. The lowest BCUT2D eigenvalue weighted by atomic mass is 10.3. The maximum atomic E-state index is 12.3. The number of nitrogens with one attached hydrogen (secondary N) is 1. The van der Waals surface area contributed by atoms with Crippen LogP contribution in [0, 0.1) is 0 Å². The molecule has 3 nitrogen and oxygen atoms in total. The Bertz CT molecular complexity index is 665. The molecule has 2 aromatic rings. The van der Waals surface area contributed by atoms with Gasteiger partial charge in [0.15, 0.2) is 4.32 Å². The summed E-state index contributed by atoms with van der Waals surface area (Å²) in [5.41, 5.74) is 3.87. The molecule has 2 heterocycles. The highest BCUT2D eigenvalue weighted by molar-refractivity contribution is 8.26. The van der Waals surface area contributed by atoms with Gasteiger partial charge in [0.05, 0.1) is 10.6 Å². The molecule has 1 aliphatic heterocycles. The predicted octanol–water partition coefficient (Wildman–Crippen LogP) is 3.98. The predicted molar refractivity (Wildman–Crippen MR) is 89.4 cm³/mol. The van der Waals surface area contributed by atoms with Crippen molar-refractivity contribution in [2.45, 2.75) is 0 Å². The maximum Gasteiger partial charge on any atom is 0.285 e. The van der Waals surface area contributed by atoms with Gasteiger partial charge in [-0.1, -0.05) is 36.0 Å². The lowest BCUT2D eigenvalue weighted by Gasteiger charge is -2.16. The third-order valence-electron chi connectivity index (χ3n) is 2.62. The fraction of sp³-hybridized carbons (Fsp3) is 0. The standard InChI is InChI=1S/C14H10N2OS3/c17-13-12(9-11-7-4-8-19-11)20-14(18)16(13)15-10-5-2-1-3-6-10/h1-9,15H/b12-9+. The fourth-order valence-corrected chi connectivity index (χ4v) is 3.61. The van der Waals surface area contributed by atoms with Crippen molar-refractivity contribution >= 4 is 57.3 Å². The van der Waals surface area contributed by atoms with Crippen LogP contribution in [0.1, 0.15) is 4.88 Å². The zero-order valence-electron chi connectivity index (χ0n) is 10.3. The third kappa shape index (κ3) is 2.77. The number of thioether (sulfide) groups is 1.